The molecule has 0 saturated heterocycles. The summed E-state index contributed by atoms with van der Waals surface area (Å²) in [4.78, 5) is 14.7. The van der Waals surface area contributed by atoms with Gasteiger partial charge < -0.3 is 10.6 Å². The summed E-state index contributed by atoms with van der Waals surface area (Å²) in [5.41, 5.74) is 7.82. The first-order valence-corrected chi connectivity index (χ1v) is 6.81. The quantitative estimate of drug-likeness (QED) is 0.659. The number of rotatable bonds is 4. The Morgan fingerprint density at radius 2 is 2.24 bits per heavy atom. The van der Waals surface area contributed by atoms with Crippen LogP contribution in [0, 0.1) is 6.92 Å². The van der Waals surface area contributed by atoms with Crippen LogP contribution in [0.15, 0.2) is 23.1 Å². The molecule has 0 aliphatic heterocycles. The first-order chi connectivity index (χ1) is 8.08. The third-order valence-corrected chi connectivity index (χ3v) is 4.08. The number of amides is 1. The smallest absolute Gasteiger partial charge is 0.232 e. The highest BCUT2D eigenvalue weighted by Gasteiger charge is 2.29. The number of carbonyl (C=O) groups excluding carboxylic acids is 1. The van der Waals surface area contributed by atoms with E-state index in [-0.39, 0.29) is 5.91 Å². The number of aryl methyl sites for hydroxylation is 1. The lowest BCUT2D eigenvalue weighted by Crippen LogP contribution is -2.30. The second kappa shape index (κ2) is 5.00. The number of carbonyl (C=O) groups is 1. The van der Waals surface area contributed by atoms with E-state index in [0.717, 1.165) is 29.0 Å². The molecule has 2 rings (SSSR count). The third kappa shape index (κ3) is 3.16. The lowest BCUT2D eigenvalue weighted by molar-refractivity contribution is -0.127. The van der Waals surface area contributed by atoms with Gasteiger partial charge in [0.15, 0.2) is 0 Å². The van der Waals surface area contributed by atoms with Crippen molar-refractivity contribution in [2.24, 2.45) is 0 Å². The van der Waals surface area contributed by atoms with Crippen molar-refractivity contribution in [3.8, 4) is 0 Å². The molecule has 1 aromatic rings. The van der Waals surface area contributed by atoms with Gasteiger partial charge in [-0.1, -0.05) is 6.07 Å². The number of hydrogen-bond acceptors (Lipinski definition) is 3. The monoisotopic (exact) mass is 250 g/mol. The van der Waals surface area contributed by atoms with Gasteiger partial charge in [-0.2, -0.15) is 0 Å². The summed E-state index contributed by atoms with van der Waals surface area (Å²) in [6, 6.07) is 6.43. The van der Waals surface area contributed by atoms with Crippen molar-refractivity contribution >= 4 is 23.4 Å². The fourth-order valence-electron chi connectivity index (χ4n) is 1.71. The summed E-state index contributed by atoms with van der Waals surface area (Å²) in [7, 11) is 1.89. The number of benzene rings is 1. The fraction of sp³-hybridized carbons (Fsp3) is 0.462. The largest absolute Gasteiger partial charge is 0.398 e. The van der Waals surface area contributed by atoms with E-state index in [1.807, 2.05) is 37.1 Å². The highest BCUT2D eigenvalue weighted by Crippen LogP contribution is 2.29. The molecule has 1 saturated carbocycles. The van der Waals surface area contributed by atoms with Crippen LogP contribution >= 0.6 is 11.8 Å². The normalized spacial score (nSPS) is 14.7. The Balaban J connectivity index is 1.90. The molecule has 92 valence electrons. The van der Waals surface area contributed by atoms with Crippen molar-refractivity contribution in [2.75, 3.05) is 18.5 Å². The minimum Gasteiger partial charge on any atom is -0.398 e. The lowest BCUT2D eigenvalue weighted by Gasteiger charge is -2.16. The van der Waals surface area contributed by atoms with Crippen molar-refractivity contribution < 1.29 is 4.79 Å². The number of nitrogen functional groups attached to an aromatic ring is 1. The summed E-state index contributed by atoms with van der Waals surface area (Å²) in [6.45, 7) is 2.01. The van der Waals surface area contributed by atoms with Gasteiger partial charge in [0.2, 0.25) is 5.91 Å². The SMILES string of the molecule is Cc1ccc(SCC(=O)N(C)C2CC2)c(N)c1. The molecule has 1 aromatic carbocycles. The molecule has 0 aromatic heterocycles. The fourth-order valence-corrected chi connectivity index (χ4v) is 2.58. The number of thioether (sulfide) groups is 1. The second-order valence-electron chi connectivity index (χ2n) is 4.57. The van der Waals surface area contributed by atoms with E-state index in [0.29, 0.717) is 11.8 Å². The van der Waals surface area contributed by atoms with E-state index in [1.165, 1.54) is 11.8 Å². The van der Waals surface area contributed by atoms with Crippen LogP contribution in [-0.4, -0.2) is 29.6 Å². The van der Waals surface area contributed by atoms with Crippen molar-refractivity contribution in [3.05, 3.63) is 23.8 Å². The van der Waals surface area contributed by atoms with Gasteiger partial charge in [-0.15, -0.1) is 11.8 Å². The van der Waals surface area contributed by atoms with Gasteiger partial charge in [-0.3, -0.25) is 4.79 Å². The predicted octanol–water partition coefficient (Wildman–Crippen LogP) is 2.29. The summed E-state index contributed by atoms with van der Waals surface area (Å²) >= 11 is 1.52. The number of hydrogen-bond donors (Lipinski definition) is 1. The van der Waals surface area contributed by atoms with Gasteiger partial charge in [0.25, 0.3) is 0 Å². The minimum absolute atomic E-state index is 0.192. The Bertz CT molecular complexity index is 429. The first-order valence-electron chi connectivity index (χ1n) is 5.82. The van der Waals surface area contributed by atoms with E-state index in [9.17, 15) is 4.79 Å². The van der Waals surface area contributed by atoms with Gasteiger partial charge in [-0.25, -0.2) is 0 Å². The van der Waals surface area contributed by atoms with E-state index in [2.05, 4.69) is 0 Å². The zero-order valence-electron chi connectivity index (χ0n) is 10.3. The van der Waals surface area contributed by atoms with Crippen LogP contribution in [0.25, 0.3) is 0 Å². The molecule has 0 atom stereocenters. The molecule has 1 fully saturated rings. The Kier molecular flexibility index (Phi) is 3.62. The highest BCUT2D eigenvalue weighted by molar-refractivity contribution is 8.00. The molecule has 0 heterocycles. The standard InChI is InChI=1S/C13H18N2OS/c1-9-3-6-12(11(14)7-9)17-8-13(16)15(2)10-4-5-10/h3,6-7,10H,4-5,8,14H2,1-2H3. The maximum atomic E-state index is 11.8. The van der Waals surface area contributed by atoms with Crippen LogP contribution in [-0.2, 0) is 4.79 Å². The minimum atomic E-state index is 0.192. The van der Waals surface area contributed by atoms with E-state index >= 15 is 0 Å². The van der Waals surface area contributed by atoms with E-state index in [4.69, 9.17) is 5.73 Å². The summed E-state index contributed by atoms with van der Waals surface area (Å²) in [6.07, 6.45) is 2.30. The van der Waals surface area contributed by atoms with E-state index in [1.54, 1.807) is 0 Å². The van der Waals surface area contributed by atoms with Gasteiger partial charge >= 0.3 is 0 Å². The maximum absolute atomic E-state index is 11.8. The summed E-state index contributed by atoms with van der Waals surface area (Å²) in [5.74, 6) is 0.665. The van der Waals surface area contributed by atoms with E-state index < -0.39 is 0 Å². The maximum Gasteiger partial charge on any atom is 0.232 e. The van der Waals surface area contributed by atoms with Gasteiger partial charge in [-0.05, 0) is 37.5 Å². The third-order valence-electron chi connectivity index (χ3n) is 3.00. The van der Waals surface area contributed by atoms with Crippen molar-refractivity contribution in [1.82, 2.24) is 4.90 Å². The molecule has 17 heavy (non-hydrogen) atoms. The Hall–Kier alpha value is -1.16. The lowest BCUT2D eigenvalue weighted by atomic mass is 10.2. The Morgan fingerprint density at radius 3 is 2.82 bits per heavy atom. The molecule has 0 spiro atoms. The van der Waals surface area contributed by atoms with Crippen LogP contribution in [0.3, 0.4) is 0 Å². The first kappa shape index (κ1) is 12.3. The molecule has 0 bridgehead atoms. The average Bonchev–Trinajstić information content (AvgIpc) is 3.10. The topological polar surface area (TPSA) is 46.3 Å². The van der Waals surface area contributed by atoms with Crippen LogP contribution in [0.1, 0.15) is 18.4 Å². The van der Waals surface area contributed by atoms with Crippen LogP contribution in [0.2, 0.25) is 0 Å². The molecule has 1 aliphatic carbocycles. The molecule has 0 unspecified atom stereocenters. The molecule has 0 radical (unpaired) electrons. The van der Waals surface area contributed by atoms with Crippen LogP contribution in [0.4, 0.5) is 5.69 Å². The van der Waals surface area contributed by atoms with Gasteiger partial charge in [0, 0.05) is 23.7 Å². The van der Waals surface area contributed by atoms with Gasteiger partial charge in [0.1, 0.15) is 0 Å². The highest BCUT2D eigenvalue weighted by atomic mass is 32.2. The molecule has 4 heteroatoms. The number of nitrogens with zero attached hydrogens (tertiary/aromatic N) is 1. The summed E-state index contributed by atoms with van der Waals surface area (Å²) < 4.78 is 0. The zero-order valence-corrected chi connectivity index (χ0v) is 11.1. The van der Waals surface area contributed by atoms with Crippen LogP contribution < -0.4 is 5.73 Å². The average molecular weight is 250 g/mol. The Morgan fingerprint density at radius 1 is 1.53 bits per heavy atom. The van der Waals surface area contributed by atoms with Gasteiger partial charge in [0.05, 0.1) is 5.75 Å². The summed E-state index contributed by atoms with van der Waals surface area (Å²) in [5, 5.41) is 0. The molecular weight excluding hydrogens is 232 g/mol. The molecule has 2 N–H and O–H groups in total. The van der Waals surface area contributed by atoms with Crippen molar-refractivity contribution in [2.45, 2.75) is 30.7 Å². The molecular formula is C13H18N2OS. The van der Waals surface area contributed by atoms with Crippen LogP contribution in [0.5, 0.6) is 0 Å². The number of anilines is 1. The molecule has 1 amide bonds. The Labute approximate surface area is 106 Å². The predicted molar refractivity (Wildman–Crippen MR) is 72.1 cm³/mol. The number of nitrogens with two attached hydrogens (primary N) is 1. The van der Waals surface area contributed by atoms with Crippen molar-refractivity contribution in [1.29, 1.82) is 0 Å². The second-order valence-corrected chi connectivity index (χ2v) is 5.58. The van der Waals surface area contributed by atoms with Crippen molar-refractivity contribution in [3.63, 3.8) is 0 Å². The zero-order chi connectivity index (χ0) is 12.4. The molecule has 3 nitrogen and oxygen atoms in total. The molecule has 1 aliphatic rings.